The maximum Gasteiger partial charge on any atom is 0.274 e. The Morgan fingerprint density at radius 3 is 2.84 bits per heavy atom. The fraction of sp³-hybridized carbons (Fsp3) is 0.261. The Morgan fingerprint density at radius 2 is 2.06 bits per heavy atom. The van der Waals surface area contributed by atoms with Gasteiger partial charge >= 0.3 is 0 Å². The van der Waals surface area contributed by atoms with Gasteiger partial charge in [0, 0.05) is 28.1 Å². The number of halogens is 2. The molecule has 2 heterocycles. The molecule has 6 nitrogen and oxygen atoms in total. The van der Waals surface area contributed by atoms with E-state index in [4.69, 9.17) is 17.3 Å². The van der Waals surface area contributed by atoms with Crippen LogP contribution in [0.2, 0.25) is 5.02 Å². The van der Waals surface area contributed by atoms with Crippen molar-refractivity contribution in [3.63, 3.8) is 0 Å². The molecule has 3 N–H and O–H groups in total. The molecule has 1 saturated heterocycles. The van der Waals surface area contributed by atoms with E-state index in [1.165, 1.54) is 11.3 Å². The van der Waals surface area contributed by atoms with Gasteiger partial charge in [-0.15, -0.1) is 0 Å². The second-order valence-electron chi connectivity index (χ2n) is 8.15. The van der Waals surface area contributed by atoms with Gasteiger partial charge in [0.15, 0.2) is 5.13 Å². The zero-order valence-corrected chi connectivity index (χ0v) is 20.1. The van der Waals surface area contributed by atoms with E-state index in [9.17, 15) is 9.59 Å². The minimum atomic E-state index is -0.152. The number of carbonyl (C=O) groups is 2. The van der Waals surface area contributed by atoms with Gasteiger partial charge in [-0.05, 0) is 54.2 Å². The third-order valence-electron chi connectivity index (χ3n) is 6.06. The number of rotatable bonds is 5. The highest BCUT2D eigenvalue weighted by Gasteiger charge is 2.54. The number of thiazole rings is 1. The SMILES string of the molecule is Nc1nc(C(=O)N2C[C@H]3C[C@H]3[C@H]2CNC(=O)c2cccc(Br)c2)c(-c2cccc(Cl)c2)s1. The molecule has 1 aromatic heterocycles. The quantitative estimate of drug-likeness (QED) is 0.500. The van der Waals surface area contributed by atoms with Gasteiger partial charge in [-0.1, -0.05) is 57.1 Å². The molecule has 164 valence electrons. The largest absolute Gasteiger partial charge is 0.375 e. The number of nitrogens with one attached hydrogen (secondary N) is 1. The molecule has 1 aliphatic heterocycles. The van der Waals surface area contributed by atoms with Crippen LogP contribution < -0.4 is 11.1 Å². The highest BCUT2D eigenvalue weighted by atomic mass is 79.9. The molecule has 1 aliphatic carbocycles. The van der Waals surface area contributed by atoms with E-state index in [-0.39, 0.29) is 17.9 Å². The monoisotopic (exact) mass is 530 g/mol. The molecule has 2 aliphatic rings. The van der Waals surface area contributed by atoms with E-state index < -0.39 is 0 Å². The van der Waals surface area contributed by atoms with Crippen LogP contribution in [0.25, 0.3) is 10.4 Å². The summed E-state index contributed by atoms with van der Waals surface area (Å²) in [6.07, 6.45) is 1.08. The summed E-state index contributed by atoms with van der Waals surface area (Å²) in [5.41, 5.74) is 7.73. The van der Waals surface area contributed by atoms with Crippen molar-refractivity contribution < 1.29 is 9.59 Å². The lowest BCUT2D eigenvalue weighted by Gasteiger charge is -2.27. The van der Waals surface area contributed by atoms with Crippen LogP contribution in [0.5, 0.6) is 0 Å². The Bertz CT molecular complexity index is 1220. The first-order valence-corrected chi connectivity index (χ1v) is 12.3. The zero-order chi connectivity index (χ0) is 22.4. The van der Waals surface area contributed by atoms with Crippen molar-refractivity contribution in [2.75, 3.05) is 18.8 Å². The molecule has 2 aromatic carbocycles. The number of piperidine rings is 1. The second-order valence-corrected chi connectivity index (χ2v) is 10.5. The highest BCUT2D eigenvalue weighted by molar-refractivity contribution is 9.10. The van der Waals surface area contributed by atoms with Gasteiger partial charge < -0.3 is 16.0 Å². The number of hydrogen-bond acceptors (Lipinski definition) is 5. The Kier molecular flexibility index (Phi) is 5.69. The van der Waals surface area contributed by atoms with E-state index >= 15 is 0 Å². The van der Waals surface area contributed by atoms with E-state index in [1.807, 2.05) is 35.2 Å². The van der Waals surface area contributed by atoms with Crippen molar-refractivity contribution in [3.8, 4) is 10.4 Å². The number of nitrogens with two attached hydrogens (primary N) is 1. The summed E-state index contributed by atoms with van der Waals surface area (Å²) in [5.74, 6) is 0.590. The third kappa shape index (κ3) is 4.14. The summed E-state index contributed by atoms with van der Waals surface area (Å²) in [6, 6.07) is 14.5. The summed E-state index contributed by atoms with van der Waals surface area (Å²) in [7, 11) is 0. The van der Waals surface area contributed by atoms with E-state index in [2.05, 4.69) is 26.2 Å². The number of carbonyl (C=O) groups excluding carboxylic acids is 2. The number of hydrogen-bond donors (Lipinski definition) is 2. The van der Waals surface area contributed by atoms with Crippen molar-refractivity contribution >= 4 is 55.8 Å². The van der Waals surface area contributed by atoms with Gasteiger partial charge in [-0.2, -0.15) is 0 Å². The van der Waals surface area contributed by atoms with Gasteiger partial charge in [0.25, 0.3) is 11.8 Å². The molecule has 2 fully saturated rings. The van der Waals surface area contributed by atoms with Crippen molar-refractivity contribution in [2.24, 2.45) is 11.8 Å². The van der Waals surface area contributed by atoms with Crippen molar-refractivity contribution in [1.29, 1.82) is 0 Å². The maximum absolute atomic E-state index is 13.5. The number of benzene rings is 2. The lowest BCUT2D eigenvalue weighted by molar-refractivity contribution is 0.0691. The number of aromatic nitrogens is 1. The van der Waals surface area contributed by atoms with E-state index in [1.54, 1.807) is 18.2 Å². The molecule has 3 aromatic rings. The first-order valence-electron chi connectivity index (χ1n) is 10.3. The molecule has 9 heteroatoms. The smallest absolute Gasteiger partial charge is 0.274 e. The second kappa shape index (κ2) is 8.50. The molecule has 32 heavy (non-hydrogen) atoms. The summed E-state index contributed by atoms with van der Waals surface area (Å²) in [4.78, 5) is 33.1. The van der Waals surface area contributed by atoms with Gasteiger partial charge in [-0.3, -0.25) is 9.59 Å². The Hall–Kier alpha value is -2.42. The average Bonchev–Trinajstić information content (AvgIpc) is 3.28. The van der Waals surface area contributed by atoms with Gasteiger partial charge in [-0.25, -0.2) is 4.98 Å². The number of nitrogens with zero attached hydrogens (tertiary/aromatic N) is 2. The fourth-order valence-corrected chi connectivity index (χ4v) is 5.85. The first kappa shape index (κ1) is 21.4. The molecule has 0 radical (unpaired) electrons. The molecule has 1 saturated carbocycles. The predicted octanol–water partition coefficient (Wildman–Crippen LogP) is 4.70. The highest BCUT2D eigenvalue weighted by Crippen LogP contribution is 2.50. The third-order valence-corrected chi connectivity index (χ3v) is 7.72. The van der Waals surface area contributed by atoms with Crippen molar-refractivity contribution in [2.45, 2.75) is 12.5 Å². The van der Waals surface area contributed by atoms with Crippen molar-refractivity contribution in [3.05, 3.63) is 69.3 Å². The maximum atomic E-state index is 13.5. The van der Waals surface area contributed by atoms with Crippen LogP contribution in [0.1, 0.15) is 27.3 Å². The molecule has 3 atom stereocenters. The fourth-order valence-electron chi connectivity index (χ4n) is 4.44. The topological polar surface area (TPSA) is 88.3 Å². The lowest BCUT2D eigenvalue weighted by Crippen LogP contribution is -2.45. The summed E-state index contributed by atoms with van der Waals surface area (Å²) < 4.78 is 0.847. The number of amides is 2. The standard InChI is InChI=1S/C23H20BrClN4O2S/c24-15-5-1-4-13(7-15)21(30)27-10-18-17-9-14(17)11-29(18)22(31)19-20(32-23(26)28-19)12-3-2-6-16(25)8-12/h1-8,14,17-18H,9-11H2,(H2,26,28)(H,27,30)/t14-,17-,18-/m1/s1. The van der Waals surface area contributed by atoms with Gasteiger partial charge in [0.2, 0.25) is 0 Å². The predicted molar refractivity (Wildman–Crippen MR) is 130 cm³/mol. The summed E-state index contributed by atoms with van der Waals surface area (Å²) >= 11 is 10.8. The molecular formula is C23H20BrClN4O2S. The minimum Gasteiger partial charge on any atom is -0.375 e. The lowest BCUT2D eigenvalue weighted by atomic mass is 10.1. The number of fused-ring (bicyclic) bond motifs is 1. The Balaban J connectivity index is 1.36. The van der Waals surface area contributed by atoms with Crippen LogP contribution in [0, 0.1) is 11.8 Å². The molecule has 0 unspecified atom stereocenters. The Morgan fingerprint density at radius 1 is 1.25 bits per heavy atom. The van der Waals surface area contributed by atoms with Crippen LogP contribution in [-0.4, -0.2) is 40.8 Å². The molecule has 0 spiro atoms. The number of likely N-dealkylation sites (tertiary alicyclic amines) is 1. The molecule has 5 rings (SSSR count). The average molecular weight is 532 g/mol. The summed E-state index contributed by atoms with van der Waals surface area (Å²) in [5, 5.41) is 3.93. The van der Waals surface area contributed by atoms with Gasteiger partial charge in [0.1, 0.15) is 5.69 Å². The van der Waals surface area contributed by atoms with Crippen LogP contribution in [0.15, 0.2) is 53.0 Å². The van der Waals surface area contributed by atoms with Crippen LogP contribution in [-0.2, 0) is 0 Å². The normalized spacial score (nSPS) is 21.3. The zero-order valence-electron chi connectivity index (χ0n) is 16.9. The Labute approximate surface area is 202 Å². The number of anilines is 1. The first-order chi connectivity index (χ1) is 15.4. The van der Waals surface area contributed by atoms with E-state index in [0.717, 1.165) is 16.5 Å². The minimum absolute atomic E-state index is 0.0567. The molecule has 0 bridgehead atoms. The van der Waals surface area contributed by atoms with Gasteiger partial charge in [0.05, 0.1) is 10.9 Å². The van der Waals surface area contributed by atoms with Crippen molar-refractivity contribution in [1.82, 2.24) is 15.2 Å². The molecular weight excluding hydrogens is 512 g/mol. The van der Waals surface area contributed by atoms with Crippen LogP contribution in [0.3, 0.4) is 0 Å². The number of nitrogen functional groups attached to an aromatic ring is 1. The summed E-state index contributed by atoms with van der Waals surface area (Å²) in [6.45, 7) is 1.08. The van der Waals surface area contributed by atoms with E-state index in [0.29, 0.717) is 51.2 Å². The van der Waals surface area contributed by atoms with Crippen LogP contribution in [0.4, 0.5) is 5.13 Å². The molecule has 2 amide bonds. The van der Waals surface area contributed by atoms with Crippen LogP contribution >= 0.6 is 38.9 Å².